The molecular weight excluding hydrogens is 292 g/mol. The molecule has 0 aliphatic heterocycles. The average Bonchev–Trinajstić information content (AvgIpc) is 2.96. The summed E-state index contributed by atoms with van der Waals surface area (Å²) in [6.45, 7) is 2.06. The second-order valence-corrected chi connectivity index (χ2v) is 4.57. The summed E-state index contributed by atoms with van der Waals surface area (Å²) in [6, 6.07) is 7.44. The van der Waals surface area contributed by atoms with Gasteiger partial charge in [-0.25, -0.2) is 14.5 Å². The molecule has 0 aliphatic rings. The van der Waals surface area contributed by atoms with E-state index in [0.717, 1.165) is 5.39 Å². The summed E-state index contributed by atoms with van der Waals surface area (Å²) in [5.41, 5.74) is 1.07. The highest BCUT2D eigenvalue weighted by Crippen LogP contribution is 2.20. The number of carbonyl (C=O) groups is 1. The number of nitrogens with zero attached hydrogens (tertiary/aromatic N) is 4. The molecular formula is C14H11ClN4O2. The van der Waals surface area contributed by atoms with Crippen molar-refractivity contribution in [2.24, 2.45) is 0 Å². The molecule has 1 aromatic carbocycles. The van der Waals surface area contributed by atoms with Gasteiger partial charge in [0, 0.05) is 11.6 Å². The van der Waals surface area contributed by atoms with E-state index in [-0.39, 0.29) is 5.28 Å². The molecule has 0 saturated heterocycles. The molecule has 0 bridgehead atoms. The standard InChI is InChI=1S/C14H11ClN4O2/c1-2-21-13(20)9-7-16-19(8-9)12-10-5-3-4-6-11(10)17-14(15)18-12/h3-8H,2H2,1H3. The van der Waals surface area contributed by atoms with Gasteiger partial charge in [0.05, 0.1) is 23.9 Å². The summed E-state index contributed by atoms with van der Waals surface area (Å²) in [7, 11) is 0. The van der Waals surface area contributed by atoms with Gasteiger partial charge < -0.3 is 4.74 Å². The fraction of sp³-hybridized carbons (Fsp3) is 0.143. The van der Waals surface area contributed by atoms with Gasteiger partial charge in [-0.2, -0.15) is 10.1 Å². The molecule has 2 aromatic heterocycles. The van der Waals surface area contributed by atoms with Crippen molar-refractivity contribution in [1.82, 2.24) is 19.7 Å². The van der Waals surface area contributed by atoms with Crippen molar-refractivity contribution in [1.29, 1.82) is 0 Å². The monoisotopic (exact) mass is 302 g/mol. The highest BCUT2D eigenvalue weighted by atomic mass is 35.5. The molecule has 0 spiro atoms. The normalized spacial score (nSPS) is 10.8. The molecule has 0 unspecified atom stereocenters. The van der Waals surface area contributed by atoms with Crippen LogP contribution in [-0.4, -0.2) is 32.3 Å². The highest BCUT2D eigenvalue weighted by Gasteiger charge is 2.13. The molecule has 2 heterocycles. The number of rotatable bonds is 3. The van der Waals surface area contributed by atoms with Gasteiger partial charge >= 0.3 is 5.97 Å². The molecule has 3 aromatic rings. The molecule has 0 N–H and O–H groups in total. The predicted octanol–water partition coefficient (Wildman–Crippen LogP) is 2.65. The Morgan fingerprint density at radius 1 is 1.33 bits per heavy atom. The Morgan fingerprint density at radius 3 is 2.95 bits per heavy atom. The molecule has 7 heteroatoms. The van der Waals surface area contributed by atoms with Crippen molar-refractivity contribution < 1.29 is 9.53 Å². The number of para-hydroxylation sites is 1. The molecule has 3 rings (SSSR count). The number of ether oxygens (including phenoxy) is 1. The fourth-order valence-electron chi connectivity index (χ4n) is 1.97. The first-order valence-electron chi connectivity index (χ1n) is 6.33. The van der Waals surface area contributed by atoms with Crippen molar-refractivity contribution in [3.8, 4) is 5.82 Å². The van der Waals surface area contributed by atoms with Crippen LogP contribution in [0.4, 0.5) is 0 Å². The number of hydrogen-bond acceptors (Lipinski definition) is 5. The van der Waals surface area contributed by atoms with Gasteiger partial charge in [-0.1, -0.05) is 12.1 Å². The first-order chi connectivity index (χ1) is 10.2. The molecule has 0 radical (unpaired) electrons. The maximum Gasteiger partial charge on any atom is 0.341 e. The van der Waals surface area contributed by atoms with Crippen LogP contribution in [0.2, 0.25) is 5.28 Å². The number of carbonyl (C=O) groups excluding carboxylic acids is 1. The number of halogens is 1. The Morgan fingerprint density at radius 2 is 2.14 bits per heavy atom. The summed E-state index contributed by atoms with van der Waals surface area (Å²) < 4.78 is 6.43. The largest absolute Gasteiger partial charge is 0.462 e. The zero-order valence-corrected chi connectivity index (χ0v) is 11.9. The number of hydrogen-bond donors (Lipinski definition) is 0. The molecule has 0 saturated carbocycles. The van der Waals surface area contributed by atoms with Crippen LogP contribution in [0.15, 0.2) is 36.7 Å². The maximum atomic E-state index is 11.7. The average molecular weight is 303 g/mol. The van der Waals surface area contributed by atoms with Crippen LogP contribution in [0.1, 0.15) is 17.3 Å². The van der Waals surface area contributed by atoms with Crippen LogP contribution in [0.5, 0.6) is 0 Å². The number of aromatic nitrogens is 4. The summed E-state index contributed by atoms with van der Waals surface area (Å²) in [6.07, 6.45) is 2.99. The van der Waals surface area contributed by atoms with Gasteiger partial charge in [-0.3, -0.25) is 0 Å². The third-order valence-corrected chi connectivity index (χ3v) is 3.04. The van der Waals surface area contributed by atoms with Crippen molar-refractivity contribution >= 4 is 28.5 Å². The summed E-state index contributed by atoms with van der Waals surface area (Å²) in [4.78, 5) is 20.0. The van der Waals surface area contributed by atoms with E-state index >= 15 is 0 Å². The van der Waals surface area contributed by atoms with E-state index in [2.05, 4.69) is 15.1 Å². The Labute approximate surface area is 125 Å². The van der Waals surface area contributed by atoms with E-state index in [1.807, 2.05) is 24.3 Å². The smallest absolute Gasteiger partial charge is 0.341 e. The number of fused-ring (bicyclic) bond motifs is 1. The van der Waals surface area contributed by atoms with Crippen molar-refractivity contribution in [2.45, 2.75) is 6.92 Å². The SMILES string of the molecule is CCOC(=O)c1cnn(-c2nc(Cl)nc3ccccc23)c1. The Balaban J connectivity index is 2.10. The first kappa shape index (κ1) is 13.5. The lowest BCUT2D eigenvalue weighted by Crippen LogP contribution is -2.04. The topological polar surface area (TPSA) is 69.9 Å². The summed E-state index contributed by atoms with van der Waals surface area (Å²) in [5.74, 6) is 0.0920. The molecule has 106 valence electrons. The van der Waals surface area contributed by atoms with Crippen molar-refractivity contribution in [3.05, 3.63) is 47.5 Å². The lowest BCUT2D eigenvalue weighted by Gasteiger charge is -2.05. The molecule has 0 atom stereocenters. The first-order valence-corrected chi connectivity index (χ1v) is 6.71. The lowest BCUT2D eigenvalue weighted by molar-refractivity contribution is 0.0526. The molecule has 21 heavy (non-hydrogen) atoms. The van der Waals surface area contributed by atoms with Gasteiger partial charge in [0.25, 0.3) is 0 Å². The van der Waals surface area contributed by atoms with Crippen LogP contribution in [0, 0.1) is 0 Å². The molecule has 0 fully saturated rings. The van der Waals surface area contributed by atoms with E-state index < -0.39 is 5.97 Å². The van der Waals surface area contributed by atoms with E-state index in [1.54, 1.807) is 13.1 Å². The highest BCUT2D eigenvalue weighted by molar-refractivity contribution is 6.28. The van der Waals surface area contributed by atoms with Gasteiger partial charge in [-0.05, 0) is 30.7 Å². The van der Waals surface area contributed by atoms with Crippen LogP contribution in [-0.2, 0) is 4.74 Å². The van der Waals surface area contributed by atoms with E-state index in [1.165, 1.54) is 10.9 Å². The van der Waals surface area contributed by atoms with Crippen LogP contribution in [0.3, 0.4) is 0 Å². The van der Waals surface area contributed by atoms with E-state index in [4.69, 9.17) is 16.3 Å². The third-order valence-electron chi connectivity index (χ3n) is 2.87. The zero-order valence-electron chi connectivity index (χ0n) is 11.2. The zero-order chi connectivity index (χ0) is 14.8. The maximum absolute atomic E-state index is 11.7. The second kappa shape index (κ2) is 5.49. The third kappa shape index (κ3) is 2.57. The fourth-order valence-corrected chi connectivity index (χ4v) is 2.14. The molecule has 0 amide bonds. The number of esters is 1. The van der Waals surface area contributed by atoms with Crippen LogP contribution >= 0.6 is 11.6 Å². The van der Waals surface area contributed by atoms with Gasteiger partial charge in [-0.15, -0.1) is 0 Å². The van der Waals surface area contributed by atoms with E-state index in [9.17, 15) is 4.79 Å². The molecule has 0 aliphatic carbocycles. The minimum absolute atomic E-state index is 0.122. The van der Waals surface area contributed by atoms with Crippen LogP contribution in [0.25, 0.3) is 16.7 Å². The Bertz CT molecular complexity index is 816. The van der Waals surface area contributed by atoms with Gasteiger partial charge in [0.2, 0.25) is 5.28 Å². The second-order valence-electron chi connectivity index (χ2n) is 4.23. The predicted molar refractivity (Wildman–Crippen MR) is 77.6 cm³/mol. The molecule has 6 nitrogen and oxygen atoms in total. The van der Waals surface area contributed by atoms with Crippen LogP contribution < -0.4 is 0 Å². The quantitative estimate of drug-likeness (QED) is 0.549. The Hall–Kier alpha value is -2.47. The minimum atomic E-state index is -0.423. The van der Waals surface area contributed by atoms with Crippen molar-refractivity contribution in [2.75, 3.05) is 6.61 Å². The summed E-state index contributed by atoms with van der Waals surface area (Å²) in [5, 5.41) is 5.06. The summed E-state index contributed by atoms with van der Waals surface area (Å²) >= 11 is 5.94. The number of benzene rings is 1. The van der Waals surface area contributed by atoms with Gasteiger partial charge in [0.15, 0.2) is 5.82 Å². The van der Waals surface area contributed by atoms with Gasteiger partial charge in [0.1, 0.15) is 0 Å². The lowest BCUT2D eigenvalue weighted by atomic mass is 10.2. The minimum Gasteiger partial charge on any atom is -0.462 e. The van der Waals surface area contributed by atoms with Crippen molar-refractivity contribution in [3.63, 3.8) is 0 Å². The van der Waals surface area contributed by atoms with E-state index in [0.29, 0.717) is 23.5 Å². The Kier molecular flexibility index (Phi) is 3.53.